The molecule has 0 aromatic heterocycles. The Morgan fingerprint density at radius 3 is 2.43 bits per heavy atom. The fraction of sp³-hybridized carbons (Fsp3) is 0.500. The lowest BCUT2D eigenvalue weighted by molar-refractivity contribution is 0.552. The molecule has 3 atom stereocenters. The van der Waals surface area contributed by atoms with E-state index in [0.29, 0.717) is 6.04 Å². The second-order valence-corrected chi connectivity index (χ2v) is 5.51. The number of hydrogen-bond donors (Lipinski definition) is 1. The van der Waals surface area contributed by atoms with Gasteiger partial charge in [0.15, 0.2) is 0 Å². The third-order valence-corrected chi connectivity index (χ3v) is 3.66. The van der Waals surface area contributed by atoms with Gasteiger partial charge in [0.1, 0.15) is 0 Å². The highest BCUT2D eigenvalue weighted by Gasteiger charge is 2.33. The maximum absolute atomic E-state index is 3.64. The second-order valence-electron chi connectivity index (χ2n) is 4.26. The number of hydrogen-bond acceptors (Lipinski definition) is 1. The first kappa shape index (κ1) is 10.4. The van der Waals surface area contributed by atoms with Crippen molar-refractivity contribution in [2.24, 2.45) is 5.92 Å². The van der Waals surface area contributed by atoms with E-state index in [4.69, 9.17) is 0 Å². The lowest BCUT2D eigenvalue weighted by atomic mass is 10.1. The van der Waals surface area contributed by atoms with Gasteiger partial charge in [0.25, 0.3) is 0 Å². The van der Waals surface area contributed by atoms with E-state index in [0.717, 1.165) is 12.0 Å². The third kappa shape index (κ3) is 2.48. The highest BCUT2D eigenvalue weighted by Crippen LogP contribution is 2.31. The molecule has 1 aliphatic carbocycles. The monoisotopic (exact) mass is 301 g/mol. The topological polar surface area (TPSA) is 12.0 Å². The zero-order valence-electron chi connectivity index (χ0n) is 8.63. The molecular formula is C12H16IN. The van der Waals surface area contributed by atoms with Crippen molar-refractivity contribution in [2.75, 3.05) is 0 Å². The van der Waals surface area contributed by atoms with Crippen LogP contribution in [0.5, 0.6) is 0 Å². The van der Waals surface area contributed by atoms with E-state index in [1.54, 1.807) is 0 Å². The van der Waals surface area contributed by atoms with Gasteiger partial charge in [0.05, 0.1) is 0 Å². The molecule has 0 spiro atoms. The second kappa shape index (κ2) is 4.19. The van der Waals surface area contributed by atoms with Gasteiger partial charge in [0.2, 0.25) is 0 Å². The molecule has 0 saturated heterocycles. The Labute approximate surface area is 99.4 Å². The average molecular weight is 301 g/mol. The van der Waals surface area contributed by atoms with E-state index in [2.05, 4.69) is 66.0 Å². The molecule has 0 bridgehead atoms. The summed E-state index contributed by atoms with van der Waals surface area (Å²) in [5.41, 5.74) is 1.39. The molecule has 3 unspecified atom stereocenters. The minimum atomic E-state index is 0.488. The van der Waals surface area contributed by atoms with Crippen molar-refractivity contribution < 1.29 is 0 Å². The first-order valence-electron chi connectivity index (χ1n) is 5.18. The third-order valence-electron chi connectivity index (χ3n) is 2.94. The molecule has 0 heterocycles. The van der Waals surface area contributed by atoms with Crippen molar-refractivity contribution in [2.45, 2.75) is 32.4 Å². The Morgan fingerprint density at radius 1 is 1.36 bits per heavy atom. The summed E-state index contributed by atoms with van der Waals surface area (Å²) in [5.74, 6) is 0.876. The largest absolute Gasteiger partial charge is 0.307 e. The normalized spacial score (nSPS) is 27.4. The van der Waals surface area contributed by atoms with Crippen molar-refractivity contribution in [3.05, 3.63) is 33.4 Å². The highest BCUT2D eigenvalue weighted by molar-refractivity contribution is 14.1. The zero-order valence-corrected chi connectivity index (χ0v) is 10.8. The Balaban J connectivity index is 1.96. The SMILES string of the molecule is CC(NC1CC1C)c1ccc(I)cc1. The van der Waals surface area contributed by atoms with E-state index < -0.39 is 0 Å². The summed E-state index contributed by atoms with van der Waals surface area (Å²) in [6, 6.07) is 10.0. The number of rotatable bonds is 3. The van der Waals surface area contributed by atoms with Crippen LogP contribution in [0.3, 0.4) is 0 Å². The van der Waals surface area contributed by atoms with Crippen LogP contribution in [-0.4, -0.2) is 6.04 Å². The standard InChI is InChI=1S/C12H16IN/c1-8-7-12(8)14-9(2)10-3-5-11(13)6-4-10/h3-6,8-9,12,14H,7H2,1-2H3. The Kier molecular flexibility index (Phi) is 3.12. The van der Waals surface area contributed by atoms with Crippen LogP contribution < -0.4 is 5.32 Å². The smallest absolute Gasteiger partial charge is 0.0294 e. The van der Waals surface area contributed by atoms with Gasteiger partial charge in [-0.3, -0.25) is 0 Å². The summed E-state index contributed by atoms with van der Waals surface area (Å²) in [5, 5.41) is 3.64. The van der Waals surface area contributed by atoms with Crippen LogP contribution in [0.15, 0.2) is 24.3 Å². The van der Waals surface area contributed by atoms with E-state index in [1.165, 1.54) is 15.6 Å². The van der Waals surface area contributed by atoms with Gasteiger partial charge < -0.3 is 5.32 Å². The van der Waals surface area contributed by atoms with Gasteiger partial charge in [0, 0.05) is 15.7 Å². The van der Waals surface area contributed by atoms with E-state index in [9.17, 15) is 0 Å². The summed E-state index contributed by atoms with van der Waals surface area (Å²) < 4.78 is 1.30. The molecule has 1 saturated carbocycles. The number of benzene rings is 1. The van der Waals surface area contributed by atoms with Crippen LogP contribution in [0.4, 0.5) is 0 Å². The molecular weight excluding hydrogens is 285 g/mol. The Hall–Kier alpha value is -0.0900. The van der Waals surface area contributed by atoms with Crippen LogP contribution >= 0.6 is 22.6 Å². The number of halogens is 1. The molecule has 14 heavy (non-hydrogen) atoms. The van der Waals surface area contributed by atoms with Gasteiger partial charge in [-0.05, 0) is 59.5 Å². The lowest BCUT2D eigenvalue weighted by Crippen LogP contribution is -2.21. The van der Waals surface area contributed by atoms with Crippen molar-refractivity contribution >= 4 is 22.6 Å². The summed E-state index contributed by atoms with van der Waals surface area (Å²) in [6.45, 7) is 4.55. The van der Waals surface area contributed by atoms with Gasteiger partial charge in [-0.1, -0.05) is 19.1 Å². The predicted molar refractivity (Wildman–Crippen MR) is 68.3 cm³/mol. The molecule has 1 aromatic carbocycles. The minimum Gasteiger partial charge on any atom is -0.307 e. The lowest BCUT2D eigenvalue weighted by Gasteiger charge is -2.13. The van der Waals surface area contributed by atoms with Gasteiger partial charge >= 0.3 is 0 Å². The van der Waals surface area contributed by atoms with Crippen LogP contribution in [0.1, 0.15) is 31.9 Å². The van der Waals surface area contributed by atoms with Gasteiger partial charge in [-0.15, -0.1) is 0 Å². The fourth-order valence-electron chi connectivity index (χ4n) is 1.72. The molecule has 0 radical (unpaired) electrons. The maximum Gasteiger partial charge on any atom is 0.0294 e. The fourth-order valence-corrected chi connectivity index (χ4v) is 2.08. The maximum atomic E-state index is 3.64. The summed E-state index contributed by atoms with van der Waals surface area (Å²) >= 11 is 2.34. The van der Waals surface area contributed by atoms with Gasteiger partial charge in [-0.25, -0.2) is 0 Å². The van der Waals surface area contributed by atoms with Crippen molar-refractivity contribution in [3.8, 4) is 0 Å². The first-order chi connectivity index (χ1) is 6.66. The van der Waals surface area contributed by atoms with Crippen LogP contribution in [0.25, 0.3) is 0 Å². The molecule has 1 fully saturated rings. The summed E-state index contributed by atoms with van der Waals surface area (Å²) in [4.78, 5) is 0. The molecule has 0 amide bonds. The molecule has 1 nitrogen and oxygen atoms in total. The highest BCUT2D eigenvalue weighted by atomic mass is 127. The molecule has 1 aromatic rings. The Bertz CT molecular complexity index is 307. The molecule has 1 N–H and O–H groups in total. The quantitative estimate of drug-likeness (QED) is 0.844. The van der Waals surface area contributed by atoms with E-state index in [-0.39, 0.29) is 0 Å². The van der Waals surface area contributed by atoms with Gasteiger partial charge in [-0.2, -0.15) is 0 Å². The van der Waals surface area contributed by atoms with Crippen molar-refractivity contribution in [3.63, 3.8) is 0 Å². The Morgan fingerprint density at radius 2 is 1.93 bits per heavy atom. The zero-order chi connectivity index (χ0) is 10.1. The minimum absolute atomic E-state index is 0.488. The van der Waals surface area contributed by atoms with Crippen LogP contribution in [-0.2, 0) is 0 Å². The molecule has 2 rings (SSSR count). The predicted octanol–water partition coefficient (Wildman–Crippen LogP) is 3.35. The molecule has 1 aliphatic rings. The van der Waals surface area contributed by atoms with Crippen LogP contribution in [0.2, 0.25) is 0 Å². The van der Waals surface area contributed by atoms with Crippen molar-refractivity contribution in [1.82, 2.24) is 5.32 Å². The van der Waals surface area contributed by atoms with Crippen molar-refractivity contribution in [1.29, 1.82) is 0 Å². The molecule has 76 valence electrons. The van der Waals surface area contributed by atoms with E-state index >= 15 is 0 Å². The van der Waals surface area contributed by atoms with Crippen LogP contribution in [0, 0.1) is 9.49 Å². The summed E-state index contributed by atoms with van der Waals surface area (Å²) in [6.07, 6.45) is 1.34. The van der Waals surface area contributed by atoms with E-state index in [1.807, 2.05) is 0 Å². The summed E-state index contributed by atoms with van der Waals surface area (Å²) in [7, 11) is 0. The number of nitrogens with one attached hydrogen (secondary N) is 1. The first-order valence-corrected chi connectivity index (χ1v) is 6.26. The molecule has 2 heteroatoms. The molecule has 0 aliphatic heterocycles. The average Bonchev–Trinajstić information content (AvgIpc) is 2.82.